The molecule has 0 spiro atoms. The Morgan fingerprint density at radius 1 is 1.38 bits per heavy atom. The zero-order valence-electron chi connectivity index (χ0n) is 8.75. The Kier molecular flexibility index (Phi) is 3.36. The van der Waals surface area contributed by atoms with E-state index in [2.05, 4.69) is 15.5 Å². The van der Waals surface area contributed by atoms with Gasteiger partial charge in [-0.3, -0.25) is 4.79 Å². The normalized spacial score (nSPS) is 22.9. The summed E-state index contributed by atoms with van der Waals surface area (Å²) in [7, 11) is 0. The van der Waals surface area contributed by atoms with Gasteiger partial charge in [0.25, 0.3) is 0 Å². The van der Waals surface area contributed by atoms with Gasteiger partial charge < -0.3 is 5.32 Å². The summed E-state index contributed by atoms with van der Waals surface area (Å²) in [5, 5.41) is 11.0. The molecule has 1 N–H and O–H groups in total. The molecule has 0 radical (unpaired) electrons. The largest absolute Gasteiger partial charge is 0.303 e. The minimum absolute atomic E-state index is 0.0151. The number of carbonyl (C=O) groups is 1. The maximum absolute atomic E-state index is 11.2. The van der Waals surface area contributed by atoms with Gasteiger partial charge in [0.2, 0.25) is 5.91 Å². The highest BCUT2D eigenvalue weighted by molar-refractivity contribution is 8.15. The number of nitrogens with one attached hydrogen (secondary N) is 1. The first kappa shape index (κ1) is 10.9. The van der Waals surface area contributed by atoms with Crippen molar-refractivity contribution in [2.24, 2.45) is 10.2 Å². The van der Waals surface area contributed by atoms with E-state index in [-0.39, 0.29) is 11.2 Å². The molecule has 4 nitrogen and oxygen atoms in total. The van der Waals surface area contributed by atoms with Crippen LogP contribution in [0.2, 0.25) is 0 Å². The number of rotatable bonds is 2. The molecule has 1 heterocycles. The average Bonchev–Trinajstić information content (AvgIpc) is 2.60. The highest BCUT2D eigenvalue weighted by Crippen LogP contribution is 2.18. The van der Waals surface area contributed by atoms with E-state index in [1.54, 1.807) is 6.21 Å². The van der Waals surface area contributed by atoms with Gasteiger partial charge in [0, 0.05) is 0 Å². The van der Waals surface area contributed by atoms with Crippen molar-refractivity contribution in [3.05, 3.63) is 35.9 Å². The number of hydrogen-bond donors (Lipinski definition) is 1. The molecule has 1 amide bonds. The van der Waals surface area contributed by atoms with Crippen LogP contribution in [0.3, 0.4) is 0 Å². The molecule has 1 aliphatic rings. The number of hydrogen-bond acceptors (Lipinski definition) is 4. The van der Waals surface area contributed by atoms with Gasteiger partial charge in [-0.15, -0.1) is 5.10 Å². The van der Waals surface area contributed by atoms with Crippen LogP contribution in [0.25, 0.3) is 0 Å². The Bertz CT molecular complexity index is 442. The Morgan fingerprint density at radius 3 is 2.75 bits per heavy atom. The topological polar surface area (TPSA) is 53.8 Å². The van der Waals surface area contributed by atoms with Crippen molar-refractivity contribution in [2.45, 2.75) is 12.2 Å². The van der Waals surface area contributed by atoms with E-state index in [4.69, 9.17) is 0 Å². The third kappa shape index (κ3) is 2.70. The zero-order chi connectivity index (χ0) is 11.4. The molecule has 1 aliphatic heterocycles. The lowest BCUT2D eigenvalue weighted by Gasteiger charge is -1.90. The second-order valence-electron chi connectivity index (χ2n) is 3.31. The second-order valence-corrected chi connectivity index (χ2v) is 4.64. The van der Waals surface area contributed by atoms with Crippen molar-refractivity contribution in [2.75, 3.05) is 0 Å². The molecular formula is C11H11N3OS. The third-order valence-electron chi connectivity index (χ3n) is 2.04. The van der Waals surface area contributed by atoms with E-state index in [0.717, 1.165) is 5.56 Å². The summed E-state index contributed by atoms with van der Waals surface area (Å²) in [5.41, 5.74) is 0.981. The van der Waals surface area contributed by atoms with Crippen LogP contribution < -0.4 is 5.32 Å². The van der Waals surface area contributed by atoms with Crippen molar-refractivity contribution in [1.29, 1.82) is 0 Å². The number of amides is 1. The lowest BCUT2D eigenvalue weighted by atomic mass is 10.2. The molecule has 1 aromatic carbocycles. The molecule has 0 bridgehead atoms. The molecule has 1 saturated heterocycles. The van der Waals surface area contributed by atoms with Crippen LogP contribution in [0.1, 0.15) is 12.5 Å². The minimum Gasteiger partial charge on any atom is -0.303 e. The quantitative estimate of drug-likeness (QED) is 0.623. The first-order chi connectivity index (χ1) is 7.75. The van der Waals surface area contributed by atoms with Crippen molar-refractivity contribution >= 4 is 29.1 Å². The van der Waals surface area contributed by atoms with Gasteiger partial charge in [0.15, 0.2) is 5.17 Å². The summed E-state index contributed by atoms with van der Waals surface area (Å²) in [5.74, 6) is -0.0151. The maximum atomic E-state index is 11.2. The van der Waals surface area contributed by atoms with Crippen LogP contribution in [-0.2, 0) is 4.79 Å². The Morgan fingerprint density at radius 2 is 2.12 bits per heavy atom. The summed E-state index contributed by atoms with van der Waals surface area (Å²) >= 11 is 1.38. The fourth-order valence-electron chi connectivity index (χ4n) is 1.19. The van der Waals surface area contributed by atoms with Crippen molar-refractivity contribution in [1.82, 2.24) is 5.32 Å². The van der Waals surface area contributed by atoms with Gasteiger partial charge >= 0.3 is 0 Å². The number of amidine groups is 1. The molecule has 16 heavy (non-hydrogen) atoms. The van der Waals surface area contributed by atoms with Gasteiger partial charge in [-0.25, -0.2) is 0 Å². The Hall–Kier alpha value is -1.62. The summed E-state index contributed by atoms with van der Waals surface area (Å²) in [6, 6.07) is 9.68. The standard InChI is InChI=1S/C11H11N3OS/c1-8-10(15)13-11(16-8)14-12-7-9-5-3-2-4-6-9/h2-8H,1H3,(H,13,14,15)/b12-7-/t8-/m1/s1. The summed E-state index contributed by atoms with van der Waals surface area (Å²) < 4.78 is 0. The monoisotopic (exact) mass is 233 g/mol. The van der Waals surface area contributed by atoms with Crippen LogP contribution in [-0.4, -0.2) is 22.5 Å². The van der Waals surface area contributed by atoms with Crippen LogP contribution >= 0.6 is 11.8 Å². The summed E-state index contributed by atoms with van der Waals surface area (Å²) in [4.78, 5) is 11.2. The van der Waals surface area contributed by atoms with E-state index in [1.807, 2.05) is 37.3 Å². The number of thioether (sulfide) groups is 1. The fourth-order valence-corrected chi connectivity index (χ4v) is 1.95. The lowest BCUT2D eigenvalue weighted by Crippen LogP contribution is -2.23. The SMILES string of the molecule is C[C@H]1S/C(=N\N=C/c2ccccc2)NC1=O. The van der Waals surface area contributed by atoms with Crippen molar-refractivity contribution in [3.8, 4) is 0 Å². The number of carbonyl (C=O) groups excluding carboxylic acids is 1. The van der Waals surface area contributed by atoms with E-state index in [0.29, 0.717) is 5.17 Å². The van der Waals surface area contributed by atoms with Gasteiger partial charge in [-0.1, -0.05) is 42.1 Å². The third-order valence-corrected chi connectivity index (χ3v) is 3.02. The van der Waals surface area contributed by atoms with Crippen LogP contribution in [0.15, 0.2) is 40.5 Å². The molecule has 0 unspecified atom stereocenters. The number of nitrogens with zero attached hydrogens (tertiary/aromatic N) is 2. The molecule has 2 rings (SSSR count). The van der Waals surface area contributed by atoms with Crippen LogP contribution in [0.4, 0.5) is 0 Å². The van der Waals surface area contributed by atoms with Gasteiger partial charge in [-0.2, -0.15) is 5.10 Å². The van der Waals surface area contributed by atoms with E-state index in [9.17, 15) is 4.79 Å². The van der Waals surface area contributed by atoms with Gasteiger partial charge in [0.05, 0.1) is 11.5 Å². The van der Waals surface area contributed by atoms with E-state index < -0.39 is 0 Å². The van der Waals surface area contributed by atoms with E-state index in [1.165, 1.54) is 11.8 Å². The predicted molar refractivity (Wildman–Crippen MR) is 66.7 cm³/mol. The second kappa shape index (κ2) is 4.94. The molecule has 0 saturated carbocycles. The molecule has 1 atom stereocenters. The molecule has 1 fully saturated rings. The Labute approximate surface area is 97.8 Å². The predicted octanol–water partition coefficient (Wildman–Crippen LogP) is 1.63. The molecule has 5 heteroatoms. The average molecular weight is 233 g/mol. The number of benzene rings is 1. The molecule has 1 aromatic rings. The fraction of sp³-hybridized carbons (Fsp3) is 0.182. The smallest absolute Gasteiger partial charge is 0.239 e. The van der Waals surface area contributed by atoms with E-state index >= 15 is 0 Å². The minimum atomic E-state index is -0.0781. The maximum Gasteiger partial charge on any atom is 0.239 e. The van der Waals surface area contributed by atoms with Crippen LogP contribution in [0, 0.1) is 0 Å². The van der Waals surface area contributed by atoms with Gasteiger partial charge in [0.1, 0.15) is 0 Å². The lowest BCUT2D eigenvalue weighted by molar-refractivity contribution is -0.118. The van der Waals surface area contributed by atoms with Gasteiger partial charge in [-0.05, 0) is 12.5 Å². The summed E-state index contributed by atoms with van der Waals surface area (Å²) in [6.45, 7) is 1.84. The first-order valence-electron chi connectivity index (χ1n) is 4.89. The highest BCUT2D eigenvalue weighted by Gasteiger charge is 2.25. The highest BCUT2D eigenvalue weighted by atomic mass is 32.2. The zero-order valence-corrected chi connectivity index (χ0v) is 9.57. The molecular weight excluding hydrogens is 222 g/mol. The molecule has 82 valence electrons. The van der Waals surface area contributed by atoms with Crippen molar-refractivity contribution < 1.29 is 4.79 Å². The summed E-state index contributed by atoms with van der Waals surface area (Å²) in [6.07, 6.45) is 1.66. The first-order valence-corrected chi connectivity index (χ1v) is 5.77. The Balaban J connectivity index is 2.00. The molecule has 0 aliphatic carbocycles. The van der Waals surface area contributed by atoms with Crippen molar-refractivity contribution in [3.63, 3.8) is 0 Å². The molecule has 0 aromatic heterocycles. The van der Waals surface area contributed by atoms with Crippen LogP contribution in [0.5, 0.6) is 0 Å².